The second-order valence-electron chi connectivity index (χ2n) is 3.46. The molecule has 9 heavy (non-hydrogen) atoms. The van der Waals surface area contributed by atoms with E-state index < -0.39 is 0 Å². The van der Waals surface area contributed by atoms with Crippen LogP contribution in [0, 0.1) is 5.92 Å². The number of hydrogen-bond acceptors (Lipinski definition) is 2. The van der Waals surface area contributed by atoms with Crippen molar-refractivity contribution in [3.05, 3.63) is 0 Å². The van der Waals surface area contributed by atoms with Gasteiger partial charge in [0, 0.05) is 12.1 Å². The first-order chi connectivity index (χ1) is 4.29. The van der Waals surface area contributed by atoms with E-state index in [1.807, 2.05) is 0 Å². The van der Waals surface area contributed by atoms with Crippen LogP contribution in [0.15, 0.2) is 0 Å². The van der Waals surface area contributed by atoms with Gasteiger partial charge in [0.05, 0.1) is 0 Å². The normalized spacial score (nSPS) is 50.7. The molecule has 3 unspecified atom stereocenters. The highest BCUT2D eigenvalue weighted by atomic mass is 15.5. The fourth-order valence-corrected chi connectivity index (χ4v) is 2.34. The number of hydrazine groups is 1. The molecule has 3 atom stereocenters. The van der Waals surface area contributed by atoms with Gasteiger partial charge in [-0.25, -0.2) is 5.01 Å². The van der Waals surface area contributed by atoms with E-state index >= 15 is 0 Å². The molecule has 2 fully saturated rings. The van der Waals surface area contributed by atoms with E-state index in [4.69, 9.17) is 5.84 Å². The van der Waals surface area contributed by atoms with Crippen molar-refractivity contribution < 1.29 is 0 Å². The summed E-state index contributed by atoms with van der Waals surface area (Å²) >= 11 is 0. The molecule has 0 saturated carbocycles. The second kappa shape index (κ2) is 1.70. The van der Waals surface area contributed by atoms with Crippen LogP contribution in [-0.2, 0) is 0 Å². The van der Waals surface area contributed by atoms with E-state index in [0.29, 0.717) is 0 Å². The van der Waals surface area contributed by atoms with Gasteiger partial charge in [0.25, 0.3) is 0 Å². The predicted octanol–water partition coefficient (Wildman–Crippen LogP) is 0.733. The lowest BCUT2D eigenvalue weighted by Gasteiger charge is -2.15. The lowest BCUT2D eigenvalue weighted by atomic mass is 9.91. The van der Waals surface area contributed by atoms with Gasteiger partial charge >= 0.3 is 0 Å². The third-order valence-electron chi connectivity index (χ3n) is 2.90. The Balaban J connectivity index is 2.16. The molecule has 2 nitrogen and oxygen atoms in total. The molecule has 2 rings (SSSR count). The van der Waals surface area contributed by atoms with E-state index in [2.05, 4.69) is 11.9 Å². The zero-order valence-corrected chi connectivity index (χ0v) is 5.88. The molecule has 0 amide bonds. The van der Waals surface area contributed by atoms with E-state index in [0.717, 1.165) is 18.0 Å². The zero-order valence-electron chi connectivity index (χ0n) is 5.88. The maximum Gasteiger partial charge on any atom is 0.0271 e. The van der Waals surface area contributed by atoms with Gasteiger partial charge in [-0.3, -0.25) is 5.84 Å². The molecule has 2 N–H and O–H groups in total. The Labute approximate surface area is 56.0 Å². The summed E-state index contributed by atoms with van der Waals surface area (Å²) in [6.45, 7) is 2.31. The van der Waals surface area contributed by atoms with Gasteiger partial charge < -0.3 is 0 Å². The Morgan fingerprint density at radius 2 is 2.22 bits per heavy atom. The van der Waals surface area contributed by atoms with Crippen LogP contribution in [-0.4, -0.2) is 17.1 Å². The van der Waals surface area contributed by atoms with Gasteiger partial charge in [-0.05, 0) is 25.2 Å². The van der Waals surface area contributed by atoms with Gasteiger partial charge in [0.2, 0.25) is 0 Å². The van der Waals surface area contributed by atoms with Gasteiger partial charge in [0.15, 0.2) is 0 Å². The Morgan fingerprint density at radius 3 is 2.44 bits per heavy atom. The first-order valence-electron chi connectivity index (χ1n) is 3.82. The summed E-state index contributed by atoms with van der Waals surface area (Å²) in [5, 5.41) is 2.07. The summed E-state index contributed by atoms with van der Waals surface area (Å²) in [6, 6.07) is 1.44. The first kappa shape index (κ1) is 5.69. The maximum absolute atomic E-state index is 5.81. The average molecular weight is 126 g/mol. The van der Waals surface area contributed by atoms with Gasteiger partial charge in [-0.1, -0.05) is 6.92 Å². The smallest absolute Gasteiger partial charge is 0.0271 e. The number of nitrogens with two attached hydrogens (primary N) is 1. The molecule has 2 aliphatic rings. The van der Waals surface area contributed by atoms with Gasteiger partial charge in [-0.2, -0.15) is 0 Å². The Kier molecular flexibility index (Phi) is 1.08. The predicted molar refractivity (Wildman–Crippen MR) is 36.6 cm³/mol. The molecule has 2 saturated heterocycles. The van der Waals surface area contributed by atoms with Crippen LogP contribution in [0.1, 0.15) is 26.2 Å². The van der Waals surface area contributed by atoms with Crippen LogP contribution >= 0.6 is 0 Å². The first-order valence-corrected chi connectivity index (χ1v) is 3.82. The maximum atomic E-state index is 5.81. The number of fused-ring (bicyclic) bond motifs is 2. The fraction of sp³-hybridized carbons (Fsp3) is 1.00. The van der Waals surface area contributed by atoms with E-state index in [9.17, 15) is 0 Å². The second-order valence-corrected chi connectivity index (χ2v) is 3.46. The van der Waals surface area contributed by atoms with Crippen molar-refractivity contribution in [3.63, 3.8) is 0 Å². The molecule has 52 valence electrons. The molecule has 0 radical (unpaired) electrons. The summed E-state index contributed by atoms with van der Waals surface area (Å²) in [5.41, 5.74) is 0. The summed E-state index contributed by atoms with van der Waals surface area (Å²) in [4.78, 5) is 0. The van der Waals surface area contributed by atoms with E-state index in [1.54, 1.807) is 0 Å². The molecule has 2 bridgehead atoms. The lowest BCUT2D eigenvalue weighted by molar-refractivity contribution is 0.248. The monoisotopic (exact) mass is 126 g/mol. The SMILES string of the molecule is CC1CC2CCC1N2N. The zero-order chi connectivity index (χ0) is 6.43. The quantitative estimate of drug-likeness (QED) is 0.485. The summed E-state index contributed by atoms with van der Waals surface area (Å²) in [7, 11) is 0. The van der Waals surface area contributed by atoms with Crippen LogP contribution in [0.2, 0.25) is 0 Å². The Bertz CT molecular complexity index is 124. The minimum absolute atomic E-state index is 0.718. The molecular weight excluding hydrogens is 112 g/mol. The highest BCUT2D eigenvalue weighted by molar-refractivity contribution is 4.95. The van der Waals surface area contributed by atoms with Crippen molar-refractivity contribution in [3.8, 4) is 0 Å². The molecule has 0 aromatic carbocycles. The van der Waals surface area contributed by atoms with Crippen molar-refractivity contribution in [1.82, 2.24) is 5.01 Å². The molecule has 0 spiro atoms. The standard InChI is InChI=1S/C7H14N2/c1-5-4-6-2-3-7(5)9(6)8/h5-7H,2-4,8H2,1H3. The highest BCUT2D eigenvalue weighted by Gasteiger charge is 2.42. The number of nitrogens with zero attached hydrogens (tertiary/aromatic N) is 1. The molecular formula is C7H14N2. The molecule has 2 heteroatoms. The van der Waals surface area contributed by atoms with E-state index in [1.165, 1.54) is 19.3 Å². The van der Waals surface area contributed by atoms with Crippen molar-refractivity contribution in [2.24, 2.45) is 11.8 Å². The Morgan fingerprint density at radius 1 is 1.44 bits per heavy atom. The highest BCUT2D eigenvalue weighted by Crippen LogP contribution is 2.38. The summed E-state index contributed by atoms with van der Waals surface area (Å²) in [6.07, 6.45) is 4.01. The molecule has 0 aliphatic carbocycles. The third kappa shape index (κ3) is 0.634. The van der Waals surface area contributed by atoms with Crippen LogP contribution in [0.4, 0.5) is 0 Å². The van der Waals surface area contributed by atoms with Gasteiger partial charge in [-0.15, -0.1) is 0 Å². The van der Waals surface area contributed by atoms with Crippen LogP contribution in [0.3, 0.4) is 0 Å². The van der Waals surface area contributed by atoms with Crippen molar-refractivity contribution in [1.29, 1.82) is 0 Å². The number of hydrogen-bond donors (Lipinski definition) is 1. The largest absolute Gasteiger partial charge is 0.268 e. The van der Waals surface area contributed by atoms with Gasteiger partial charge in [0.1, 0.15) is 0 Å². The van der Waals surface area contributed by atoms with Crippen LogP contribution in [0.5, 0.6) is 0 Å². The summed E-state index contributed by atoms with van der Waals surface area (Å²) in [5.74, 6) is 6.66. The minimum Gasteiger partial charge on any atom is -0.268 e. The minimum atomic E-state index is 0.718. The van der Waals surface area contributed by atoms with Crippen molar-refractivity contribution in [2.45, 2.75) is 38.3 Å². The summed E-state index contributed by atoms with van der Waals surface area (Å²) < 4.78 is 0. The number of rotatable bonds is 0. The topological polar surface area (TPSA) is 29.3 Å². The van der Waals surface area contributed by atoms with E-state index in [-0.39, 0.29) is 0 Å². The molecule has 0 aromatic rings. The van der Waals surface area contributed by atoms with Crippen LogP contribution < -0.4 is 5.84 Å². The fourth-order valence-electron chi connectivity index (χ4n) is 2.34. The van der Waals surface area contributed by atoms with Crippen LogP contribution in [0.25, 0.3) is 0 Å². The van der Waals surface area contributed by atoms with Crippen molar-refractivity contribution in [2.75, 3.05) is 0 Å². The molecule has 2 aliphatic heterocycles. The molecule has 2 heterocycles. The third-order valence-corrected chi connectivity index (χ3v) is 2.90. The Hall–Kier alpha value is -0.0800. The lowest BCUT2D eigenvalue weighted by Crippen LogP contribution is -2.36. The molecule has 0 aromatic heterocycles. The average Bonchev–Trinajstić information content (AvgIpc) is 2.25. The van der Waals surface area contributed by atoms with Crippen molar-refractivity contribution >= 4 is 0 Å².